The van der Waals surface area contributed by atoms with Gasteiger partial charge in [0.25, 0.3) is 0 Å². The number of benzene rings is 1. The second kappa shape index (κ2) is 6.67. The summed E-state index contributed by atoms with van der Waals surface area (Å²) in [5.74, 6) is 0.610. The molecule has 2 aromatic heterocycles. The van der Waals surface area contributed by atoms with E-state index in [9.17, 15) is 0 Å². The topological polar surface area (TPSA) is 17.3 Å². The third kappa shape index (κ3) is 2.99. The van der Waals surface area contributed by atoms with Gasteiger partial charge in [-0.2, -0.15) is 5.10 Å². The lowest BCUT2D eigenvalue weighted by Crippen LogP contribution is -2.02. The second-order valence-electron chi connectivity index (χ2n) is 7.48. The summed E-state index contributed by atoms with van der Waals surface area (Å²) in [7, 11) is 0. The highest BCUT2D eigenvalue weighted by Gasteiger charge is 2.17. The molecule has 2 heteroatoms. The van der Waals surface area contributed by atoms with Gasteiger partial charge in [-0.3, -0.25) is 0 Å². The molecule has 0 saturated heterocycles. The molecule has 0 N–H and O–H groups in total. The molecule has 3 aromatic rings. The number of hydrogen-bond donors (Lipinski definition) is 0. The third-order valence-corrected chi connectivity index (χ3v) is 5.67. The van der Waals surface area contributed by atoms with Gasteiger partial charge in [-0.1, -0.05) is 19.9 Å². The number of fused-ring (bicyclic) bond motifs is 1. The average Bonchev–Trinajstić information content (AvgIpc) is 2.88. The van der Waals surface area contributed by atoms with Gasteiger partial charge in [-0.05, 0) is 99.4 Å². The van der Waals surface area contributed by atoms with Gasteiger partial charge in [-0.25, -0.2) is 4.52 Å². The third-order valence-electron chi connectivity index (χ3n) is 5.67. The predicted octanol–water partition coefficient (Wildman–Crippen LogP) is 6.45. The van der Waals surface area contributed by atoms with Crippen molar-refractivity contribution in [3.8, 4) is 11.3 Å². The van der Waals surface area contributed by atoms with Crippen molar-refractivity contribution in [2.45, 2.75) is 67.2 Å². The fourth-order valence-electron chi connectivity index (χ4n) is 3.94. The SMILES string of the molecule is CCC(CC)c1cc(C)n2nc(-c3cc(C)c(C)cc3C)c(C)cc12. The van der Waals surface area contributed by atoms with Crippen molar-refractivity contribution in [2.75, 3.05) is 0 Å². The van der Waals surface area contributed by atoms with Crippen LogP contribution in [-0.4, -0.2) is 9.61 Å². The summed E-state index contributed by atoms with van der Waals surface area (Å²) >= 11 is 0. The van der Waals surface area contributed by atoms with Crippen LogP contribution in [0.5, 0.6) is 0 Å². The van der Waals surface area contributed by atoms with Gasteiger partial charge in [0.05, 0.1) is 11.2 Å². The fourth-order valence-corrected chi connectivity index (χ4v) is 3.94. The van der Waals surface area contributed by atoms with Gasteiger partial charge < -0.3 is 0 Å². The normalized spacial score (nSPS) is 11.7. The van der Waals surface area contributed by atoms with E-state index < -0.39 is 0 Å². The highest BCUT2D eigenvalue weighted by molar-refractivity contribution is 5.71. The molecule has 1 aromatic carbocycles. The zero-order valence-electron chi connectivity index (χ0n) is 16.7. The first-order valence-electron chi connectivity index (χ1n) is 9.45. The molecule has 0 amide bonds. The molecule has 2 heterocycles. The Morgan fingerprint density at radius 3 is 2.08 bits per heavy atom. The molecule has 0 aliphatic heterocycles. The minimum Gasteiger partial charge on any atom is -0.237 e. The van der Waals surface area contributed by atoms with Crippen molar-refractivity contribution in [3.63, 3.8) is 0 Å². The van der Waals surface area contributed by atoms with Crippen LogP contribution in [0.25, 0.3) is 16.8 Å². The van der Waals surface area contributed by atoms with E-state index in [-0.39, 0.29) is 0 Å². The highest BCUT2D eigenvalue weighted by atomic mass is 15.2. The molecular weight excluding hydrogens is 304 g/mol. The van der Waals surface area contributed by atoms with E-state index in [1.165, 1.54) is 57.4 Å². The Bertz CT molecular complexity index is 927. The van der Waals surface area contributed by atoms with Crippen LogP contribution >= 0.6 is 0 Å². The van der Waals surface area contributed by atoms with E-state index in [4.69, 9.17) is 5.10 Å². The number of aromatic nitrogens is 2. The zero-order valence-corrected chi connectivity index (χ0v) is 16.7. The molecular formula is C23H30N2. The maximum Gasteiger partial charge on any atom is 0.0944 e. The molecule has 132 valence electrons. The van der Waals surface area contributed by atoms with Crippen molar-refractivity contribution < 1.29 is 0 Å². The lowest BCUT2D eigenvalue weighted by Gasteiger charge is -2.15. The number of hydrogen-bond acceptors (Lipinski definition) is 1. The van der Waals surface area contributed by atoms with Gasteiger partial charge in [0.2, 0.25) is 0 Å². The summed E-state index contributed by atoms with van der Waals surface area (Å²) in [6, 6.07) is 9.22. The van der Waals surface area contributed by atoms with Gasteiger partial charge in [0.15, 0.2) is 0 Å². The molecule has 0 saturated carbocycles. The Morgan fingerprint density at radius 1 is 0.800 bits per heavy atom. The maximum atomic E-state index is 5.06. The number of nitrogens with zero attached hydrogens (tertiary/aromatic N) is 2. The molecule has 0 bridgehead atoms. The van der Waals surface area contributed by atoms with E-state index >= 15 is 0 Å². The Kier molecular flexibility index (Phi) is 4.73. The first kappa shape index (κ1) is 17.7. The Labute approximate surface area is 151 Å². The molecule has 0 aliphatic rings. The van der Waals surface area contributed by atoms with Crippen LogP contribution in [-0.2, 0) is 0 Å². The lowest BCUT2D eigenvalue weighted by atomic mass is 9.93. The van der Waals surface area contributed by atoms with Crippen LogP contribution in [0, 0.1) is 34.6 Å². The highest BCUT2D eigenvalue weighted by Crippen LogP contribution is 2.33. The van der Waals surface area contributed by atoms with E-state index in [2.05, 4.69) is 77.2 Å². The van der Waals surface area contributed by atoms with Gasteiger partial charge in [0.1, 0.15) is 0 Å². The van der Waals surface area contributed by atoms with E-state index in [1.54, 1.807) is 0 Å². The summed E-state index contributed by atoms with van der Waals surface area (Å²) in [5, 5.41) is 5.06. The van der Waals surface area contributed by atoms with Gasteiger partial charge >= 0.3 is 0 Å². The molecule has 2 nitrogen and oxygen atoms in total. The van der Waals surface area contributed by atoms with Crippen molar-refractivity contribution in [2.24, 2.45) is 0 Å². The first-order valence-corrected chi connectivity index (χ1v) is 9.45. The summed E-state index contributed by atoms with van der Waals surface area (Å²) in [5.41, 5.74) is 11.5. The van der Waals surface area contributed by atoms with Crippen molar-refractivity contribution in [1.29, 1.82) is 0 Å². The van der Waals surface area contributed by atoms with E-state index in [0.29, 0.717) is 5.92 Å². The van der Waals surface area contributed by atoms with Gasteiger partial charge in [0, 0.05) is 11.3 Å². The Morgan fingerprint density at radius 2 is 1.44 bits per heavy atom. The number of aryl methyl sites for hydroxylation is 5. The molecule has 0 unspecified atom stereocenters. The van der Waals surface area contributed by atoms with Crippen LogP contribution in [0.2, 0.25) is 0 Å². The zero-order chi connectivity index (χ0) is 18.3. The second-order valence-corrected chi connectivity index (χ2v) is 7.48. The summed E-state index contributed by atoms with van der Waals surface area (Å²) in [4.78, 5) is 0. The molecule has 3 rings (SSSR count). The van der Waals surface area contributed by atoms with Crippen LogP contribution in [0.3, 0.4) is 0 Å². The van der Waals surface area contributed by atoms with E-state index in [0.717, 1.165) is 5.69 Å². The maximum absolute atomic E-state index is 5.06. The van der Waals surface area contributed by atoms with Crippen LogP contribution in [0.4, 0.5) is 0 Å². The summed E-state index contributed by atoms with van der Waals surface area (Å²) in [6.07, 6.45) is 2.35. The lowest BCUT2D eigenvalue weighted by molar-refractivity contribution is 0.646. The van der Waals surface area contributed by atoms with E-state index in [1.807, 2.05) is 0 Å². The summed E-state index contributed by atoms with van der Waals surface area (Å²) < 4.78 is 2.14. The van der Waals surface area contributed by atoms with Crippen LogP contribution in [0.15, 0.2) is 24.3 Å². The molecule has 25 heavy (non-hydrogen) atoms. The van der Waals surface area contributed by atoms with Crippen LogP contribution in [0.1, 0.15) is 66.1 Å². The summed E-state index contributed by atoms with van der Waals surface area (Å²) in [6.45, 7) is 15.4. The Balaban J connectivity index is 2.25. The largest absolute Gasteiger partial charge is 0.237 e. The van der Waals surface area contributed by atoms with Crippen molar-refractivity contribution in [1.82, 2.24) is 9.61 Å². The monoisotopic (exact) mass is 334 g/mol. The van der Waals surface area contributed by atoms with Crippen LogP contribution < -0.4 is 0 Å². The molecule has 0 spiro atoms. The first-order chi connectivity index (χ1) is 11.9. The molecule has 0 fully saturated rings. The molecule has 0 aliphatic carbocycles. The minimum atomic E-state index is 0.610. The quantitative estimate of drug-likeness (QED) is 0.536. The van der Waals surface area contributed by atoms with Gasteiger partial charge in [-0.15, -0.1) is 0 Å². The predicted molar refractivity (Wildman–Crippen MR) is 108 cm³/mol. The minimum absolute atomic E-state index is 0.610. The molecule has 0 atom stereocenters. The average molecular weight is 335 g/mol. The Hall–Kier alpha value is -2.09. The van der Waals surface area contributed by atoms with Crippen molar-refractivity contribution >= 4 is 5.52 Å². The molecule has 0 radical (unpaired) electrons. The smallest absolute Gasteiger partial charge is 0.0944 e. The number of rotatable bonds is 4. The standard InChI is InChI=1S/C23H30N2/c1-8-19(9-2)21-13-18(7)25-22(21)12-17(6)23(24-25)20-11-15(4)14(3)10-16(20)5/h10-13,19H,8-9H2,1-7H3. The fraction of sp³-hybridized carbons (Fsp3) is 0.435. The van der Waals surface area contributed by atoms with Crippen molar-refractivity contribution in [3.05, 3.63) is 57.8 Å².